The molecule has 1 aromatic rings. The van der Waals surface area contributed by atoms with Crippen molar-refractivity contribution < 1.29 is 4.79 Å². The van der Waals surface area contributed by atoms with Gasteiger partial charge in [-0.2, -0.15) is 0 Å². The van der Waals surface area contributed by atoms with Gasteiger partial charge in [-0.15, -0.1) is 0 Å². The first-order chi connectivity index (χ1) is 7.18. The van der Waals surface area contributed by atoms with E-state index in [0.717, 1.165) is 37.5 Å². The van der Waals surface area contributed by atoms with E-state index in [1.54, 1.807) is 6.07 Å². The summed E-state index contributed by atoms with van der Waals surface area (Å²) in [5, 5.41) is 1.07. The minimum Gasteiger partial charge on any atom is -0.302 e. The van der Waals surface area contributed by atoms with Crippen molar-refractivity contribution in [3.8, 4) is 0 Å². The Labute approximate surface area is 99.4 Å². The van der Waals surface area contributed by atoms with Gasteiger partial charge in [-0.05, 0) is 30.5 Å². The van der Waals surface area contributed by atoms with Gasteiger partial charge in [0.05, 0.1) is 15.5 Å². The van der Waals surface area contributed by atoms with Crippen LogP contribution in [-0.4, -0.2) is 6.29 Å². The number of rotatable bonds is 2. The van der Waals surface area contributed by atoms with Crippen LogP contribution in [0.2, 0.25) is 10.0 Å². The highest BCUT2D eigenvalue weighted by molar-refractivity contribution is 6.42. The van der Waals surface area contributed by atoms with E-state index in [9.17, 15) is 4.79 Å². The van der Waals surface area contributed by atoms with Crippen molar-refractivity contribution in [2.75, 3.05) is 0 Å². The molecular weight excluding hydrogens is 231 g/mol. The minimum absolute atomic E-state index is 0.311. The van der Waals surface area contributed by atoms with Crippen LogP contribution in [0.4, 0.5) is 0 Å². The highest BCUT2D eigenvalue weighted by atomic mass is 35.5. The van der Waals surface area contributed by atoms with Crippen LogP contribution in [0.25, 0.3) is 0 Å². The second-order valence-corrected chi connectivity index (χ2v) is 4.92. The fourth-order valence-electron chi connectivity index (χ4n) is 2.29. The number of carbonyl (C=O) groups excluding carboxylic acids is 1. The second kappa shape index (κ2) is 4.15. The quantitative estimate of drug-likeness (QED) is 0.717. The normalized spacial score (nSPS) is 19.1. The maximum absolute atomic E-state index is 11.2. The van der Waals surface area contributed by atoms with Gasteiger partial charge < -0.3 is 4.79 Å². The van der Waals surface area contributed by atoms with Crippen LogP contribution in [0.1, 0.15) is 31.2 Å². The van der Waals surface area contributed by atoms with Crippen molar-refractivity contribution in [3.05, 3.63) is 33.8 Å². The van der Waals surface area contributed by atoms with E-state index in [1.165, 1.54) is 0 Å². The molecule has 0 amide bonds. The molecule has 0 saturated heterocycles. The molecule has 0 unspecified atom stereocenters. The monoisotopic (exact) mass is 242 g/mol. The zero-order chi connectivity index (χ0) is 10.9. The maximum atomic E-state index is 11.2. The number of carbonyl (C=O) groups is 1. The molecule has 1 fully saturated rings. The number of benzene rings is 1. The summed E-state index contributed by atoms with van der Waals surface area (Å²) in [5.74, 6) is 0. The van der Waals surface area contributed by atoms with E-state index in [-0.39, 0.29) is 5.41 Å². The molecule has 1 saturated carbocycles. The SMILES string of the molecule is O=CC1(c2ccc(Cl)c(Cl)c2)CCCC1. The Bertz CT molecular complexity index is 381. The second-order valence-electron chi connectivity index (χ2n) is 4.11. The van der Waals surface area contributed by atoms with Gasteiger partial charge in [0.25, 0.3) is 0 Å². The molecule has 0 heterocycles. The first-order valence-corrected chi connectivity index (χ1v) is 5.85. The summed E-state index contributed by atoms with van der Waals surface area (Å²) in [4.78, 5) is 11.2. The van der Waals surface area contributed by atoms with Crippen LogP contribution in [-0.2, 0) is 10.2 Å². The summed E-state index contributed by atoms with van der Waals surface area (Å²) in [7, 11) is 0. The van der Waals surface area contributed by atoms with Gasteiger partial charge >= 0.3 is 0 Å². The van der Waals surface area contributed by atoms with Crippen LogP contribution < -0.4 is 0 Å². The third-order valence-corrected chi connectivity index (χ3v) is 3.95. The topological polar surface area (TPSA) is 17.1 Å². The van der Waals surface area contributed by atoms with Gasteiger partial charge in [-0.1, -0.05) is 42.1 Å². The largest absolute Gasteiger partial charge is 0.302 e. The zero-order valence-corrected chi connectivity index (χ0v) is 9.81. The fourth-order valence-corrected chi connectivity index (χ4v) is 2.58. The van der Waals surface area contributed by atoms with Gasteiger partial charge in [0, 0.05) is 0 Å². The molecule has 1 nitrogen and oxygen atoms in total. The molecule has 0 bridgehead atoms. The summed E-state index contributed by atoms with van der Waals surface area (Å²) in [6.45, 7) is 0. The molecule has 0 radical (unpaired) electrons. The molecule has 1 aromatic carbocycles. The van der Waals surface area contributed by atoms with Gasteiger partial charge in [-0.25, -0.2) is 0 Å². The van der Waals surface area contributed by atoms with E-state index in [2.05, 4.69) is 0 Å². The molecule has 2 rings (SSSR count). The van der Waals surface area contributed by atoms with Crippen molar-refractivity contribution >= 4 is 29.5 Å². The lowest BCUT2D eigenvalue weighted by molar-refractivity contribution is -0.112. The van der Waals surface area contributed by atoms with Crippen LogP contribution in [0.3, 0.4) is 0 Å². The van der Waals surface area contributed by atoms with Crippen LogP contribution >= 0.6 is 23.2 Å². The van der Waals surface area contributed by atoms with E-state index >= 15 is 0 Å². The van der Waals surface area contributed by atoms with E-state index in [0.29, 0.717) is 10.0 Å². The Morgan fingerprint density at radius 3 is 2.33 bits per heavy atom. The minimum atomic E-state index is -0.311. The highest BCUT2D eigenvalue weighted by Crippen LogP contribution is 2.40. The molecule has 0 atom stereocenters. The van der Waals surface area contributed by atoms with Crippen LogP contribution in [0.15, 0.2) is 18.2 Å². The Balaban J connectivity index is 2.43. The average molecular weight is 243 g/mol. The van der Waals surface area contributed by atoms with Gasteiger partial charge in [0.2, 0.25) is 0 Å². The lowest BCUT2D eigenvalue weighted by Crippen LogP contribution is -2.23. The van der Waals surface area contributed by atoms with Gasteiger partial charge in [0.15, 0.2) is 0 Å². The van der Waals surface area contributed by atoms with Crippen LogP contribution in [0.5, 0.6) is 0 Å². The molecule has 1 aliphatic carbocycles. The number of hydrogen-bond acceptors (Lipinski definition) is 1. The summed E-state index contributed by atoms with van der Waals surface area (Å²) in [6.07, 6.45) is 5.14. The average Bonchev–Trinajstić information content (AvgIpc) is 2.72. The molecule has 3 heteroatoms. The van der Waals surface area contributed by atoms with Gasteiger partial charge in [-0.3, -0.25) is 0 Å². The van der Waals surface area contributed by atoms with E-state index < -0.39 is 0 Å². The lowest BCUT2D eigenvalue weighted by Gasteiger charge is -2.22. The highest BCUT2D eigenvalue weighted by Gasteiger charge is 2.35. The standard InChI is InChI=1S/C12H12Cl2O/c13-10-4-3-9(7-11(10)14)12(8-15)5-1-2-6-12/h3-4,7-8H,1-2,5-6H2. The summed E-state index contributed by atoms with van der Waals surface area (Å²) in [5.41, 5.74) is 0.693. The van der Waals surface area contributed by atoms with Crippen LogP contribution in [0, 0.1) is 0 Å². The third-order valence-electron chi connectivity index (χ3n) is 3.22. The fraction of sp³-hybridized carbons (Fsp3) is 0.417. The summed E-state index contributed by atoms with van der Waals surface area (Å²) < 4.78 is 0. The number of halogens is 2. The summed E-state index contributed by atoms with van der Waals surface area (Å²) >= 11 is 11.8. The van der Waals surface area contributed by atoms with E-state index in [4.69, 9.17) is 23.2 Å². The Hall–Kier alpha value is -0.530. The van der Waals surface area contributed by atoms with E-state index in [1.807, 2.05) is 12.1 Å². The number of aldehydes is 1. The van der Waals surface area contributed by atoms with Crippen molar-refractivity contribution in [3.63, 3.8) is 0 Å². The first kappa shape index (κ1) is 11.0. The Morgan fingerprint density at radius 2 is 1.80 bits per heavy atom. The smallest absolute Gasteiger partial charge is 0.130 e. The molecule has 15 heavy (non-hydrogen) atoms. The van der Waals surface area contributed by atoms with Gasteiger partial charge in [0.1, 0.15) is 6.29 Å². The Kier molecular flexibility index (Phi) is 3.03. The molecule has 0 aliphatic heterocycles. The molecular formula is C12H12Cl2O. The van der Waals surface area contributed by atoms with Crippen molar-refractivity contribution in [1.82, 2.24) is 0 Å². The molecule has 1 aliphatic rings. The Morgan fingerprint density at radius 1 is 1.13 bits per heavy atom. The first-order valence-electron chi connectivity index (χ1n) is 5.10. The van der Waals surface area contributed by atoms with Crippen molar-refractivity contribution in [2.45, 2.75) is 31.1 Å². The predicted octanol–water partition coefficient (Wildman–Crippen LogP) is 4.00. The molecule has 80 valence electrons. The predicted molar refractivity (Wildman–Crippen MR) is 62.7 cm³/mol. The number of hydrogen-bond donors (Lipinski definition) is 0. The maximum Gasteiger partial charge on any atom is 0.130 e. The molecule has 0 N–H and O–H groups in total. The van der Waals surface area contributed by atoms with Crippen molar-refractivity contribution in [1.29, 1.82) is 0 Å². The van der Waals surface area contributed by atoms with Crippen molar-refractivity contribution in [2.24, 2.45) is 0 Å². The summed E-state index contributed by atoms with van der Waals surface area (Å²) in [6, 6.07) is 5.50. The molecule has 0 spiro atoms. The zero-order valence-electron chi connectivity index (χ0n) is 8.30. The lowest BCUT2D eigenvalue weighted by atomic mass is 9.80. The third kappa shape index (κ3) is 1.91. The molecule has 0 aromatic heterocycles.